The second-order valence-electron chi connectivity index (χ2n) is 3.09. The Labute approximate surface area is 82.4 Å². The molecule has 0 aliphatic heterocycles. The number of amides is 1. The molecule has 0 radical (unpaired) electrons. The highest BCUT2D eigenvalue weighted by atomic mass is 31.2. The first-order valence-electron chi connectivity index (χ1n) is 4.43. The van der Waals surface area contributed by atoms with E-state index in [-0.39, 0.29) is 12.6 Å². The van der Waals surface area contributed by atoms with E-state index in [0.29, 0.717) is 19.3 Å². The Bertz CT molecular complexity index is 214. The molecule has 0 saturated heterocycles. The largest absolute Gasteiger partial charge is 0.325 e. The first-order valence-corrected chi connectivity index (χ1v) is 6.23. The molecule has 0 unspecified atom stereocenters. The molecule has 7 heteroatoms. The van der Waals surface area contributed by atoms with Crippen LogP contribution in [0.1, 0.15) is 32.1 Å². The van der Waals surface area contributed by atoms with Gasteiger partial charge in [-0.25, -0.2) is 5.48 Å². The van der Waals surface area contributed by atoms with E-state index >= 15 is 0 Å². The summed E-state index contributed by atoms with van der Waals surface area (Å²) in [6, 6.07) is 0. The average molecular weight is 225 g/mol. The number of nitrogens with one attached hydrogen (secondary N) is 1. The van der Waals surface area contributed by atoms with Crippen LogP contribution in [0.25, 0.3) is 0 Å². The van der Waals surface area contributed by atoms with Crippen molar-refractivity contribution in [3.63, 3.8) is 0 Å². The van der Waals surface area contributed by atoms with Gasteiger partial charge in [-0.3, -0.25) is 14.6 Å². The summed E-state index contributed by atoms with van der Waals surface area (Å²) in [5.41, 5.74) is 1.52. The van der Waals surface area contributed by atoms with Crippen molar-refractivity contribution in [3.05, 3.63) is 0 Å². The first kappa shape index (κ1) is 13.6. The van der Waals surface area contributed by atoms with Crippen LogP contribution in [0.15, 0.2) is 0 Å². The van der Waals surface area contributed by atoms with Crippen LogP contribution < -0.4 is 5.48 Å². The molecule has 0 bridgehead atoms. The number of unbranched alkanes of at least 4 members (excludes halogenated alkanes) is 3. The van der Waals surface area contributed by atoms with E-state index in [9.17, 15) is 9.36 Å². The van der Waals surface area contributed by atoms with Gasteiger partial charge in [-0.1, -0.05) is 12.8 Å². The summed E-state index contributed by atoms with van der Waals surface area (Å²) in [7, 11) is -3.86. The van der Waals surface area contributed by atoms with Gasteiger partial charge in [0.1, 0.15) is 0 Å². The Balaban J connectivity index is 3.23. The van der Waals surface area contributed by atoms with Gasteiger partial charge in [0.15, 0.2) is 0 Å². The molecule has 0 aliphatic rings. The van der Waals surface area contributed by atoms with Crippen molar-refractivity contribution in [3.8, 4) is 0 Å². The number of carbonyl (C=O) groups is 1. The zero-order valence-electron chi connectivity index (χ0n) is 7.85. The third-order valence-corrected chi connectivity index (χ3v) is 2.63. The van der Waals surface area contributed by atoms with E-state index in [4.69, 9.17) is 15.0 Å². The van der Waals surface area contributed by atoms with Gasteiger partial charge in [0, 0.05) is 12.6 Å². The molecule has 6 nitrogen and oxygen atoms in total. The third kappa shape index (κ3) is 9.67. The fourth-order valence-electron chi connectivity index (χ4n) is 1.01. The normalized spacial score (nSPS) is 11.4. The predicted octanol–water partition coefficient (Wildman–Crippen LogP) is 0.620. The molecule has 14 heavy (non-hydrogen) atoms. The van der Waals surface area contributed by atoms with Gasteiger partial charge >= 0.3 is 7.60 Å². The standard InChI is InChI=1S/C7H16NO5P/c9-7(8-10)5-3-1-2-4-6-14(11,12)13/h10H,1-6H2,(H,8,9)(H2,11,12,13). The maximum absolute atomic E-state index is 10.5. The van der Waals surface area contributed by atoms with Gasteiger partial charge in [0.05, 0.1) is 0 Å². The lowest BCUT2D eigenvalue weighted by Gasteiger charge is -2.03. The van der Waals surface area contributed by atoms with Crippen molar-refractivity contribution in [2.75, 3.05) is 6.16 Å². The molecule has 0 aliphatic carbocycles. The van der Waals surface area contributed by atoms with Gasteiger partial charge in [-0.2, -0.15) is 0 Å². The van der Waals surface area contributed by atoms with Crippen molar-refractivity contribution in [1.82, 2.24) is 5.48 Å². The smallest absolute Gasteiger partial charge is 0.324 e. The quantitative estimate of drug-likeness (QED) is 0.220. The van der Waals surface area contributed by atoms with Crippen molar-refractivity contribution in [2.45, 2.75) is 32.1 Å². The minimum atomic E-state index is -3.86. The number of hydrogen-bond donors (Lipinski definition) is 4. The lowest BCUT2D eigenvalue weighted by atomic mass is 10.1. The van der Waals surface area contributed by atoms with Crippen LogP contribution in [0.4, 0.5) is 0 Å². The molecule has 0 aromatic carbocycles. The van der Waals surface area contributed by atoms with E-state index in [2.05, 4.69) is 0 Å². The van der Waals surface area contributed by atoms with Gasteiger partial charge in [-0.05, 0) is 12.8 Å². The Morgan fingerprint density at radius 2 is 1.71 bits per heavy atom. The maximum Gasteiger partial charge on any atom is 0.325 e. The highest BCUT2D eigenvalue weighted by Crippen LogP contribution is 2.35. The SMILES string of the molecule is O=C(CCCCCCP(=O)(O)O)NO. The van der Waals surface area contributed by atoms with Crippen molar-refractivity contribution < 1.29 is 24.4 Å². The van der Waals surface area contributed by atoms with Crippen LogP contribution in [0.2, 0.25) is 0 Å². The maximum atomic E-state index is 10.5. The molecule has 0 spiro atoms. The summed E-state index contributed by atoms with van der Waals surface area (Å²) in [4.78, 5) is 27.5. The van der Waals surface area contributed by atoms with E-state index in [0.717, 1.165) is 6.42 Å². The van der Waals surface area contributed by atoms with Gasteiger partial charge in [0.2, 0.25) is 5.91 Å². The highest BCUT2D eigenvalue weighted by Gasteiger charge is 2.11. The average Bonchev–Trinajstić information content (AvgIpc) is 2.08. The topological polar surface area (TPSA) is 107 Å². The van der Waals surface area contributed by atoms with Crippen LogP contribution >= 0.6 is 7.60 Å². The molecule has 0 fully saturated rings. The van der Waals surface area contributed by atoms with E-state index in [1.807, 2.05) is 0 Å². The molecular weight excluding hydrogens is 209 g/mol. The summed E-state index contributed by atoms with van der Waals surface area (Å²) in [6.45, 7) is 0. The fraction of sp³-hybridized carbons (Fsp3) is 0.857. The molecule has 0 aromatic rings. The summed E-state index contributed by atoms with van der Waals surface area (Å²) in [5.74, 6) is -0.431. The van der Waals surface area contributed by atoms with Gasteiger partial charge < -0.3 is 9.79 Å². The third-order valence-electron chi connectivity index (χ3n) is 1.73. The Morgan fingerprint density at radius 1 is 1.14 bits per heavy atom. The molecule has 0 rings (SSSR count). The first-order chi connectivity index (χ1) is 6.45. The van der Waals surface area contributed by atoms with Crippen molar-refractivity contribution in [2.24, 2.45) is 0 Å². The van der Waals surface area contributed by atoms with Crippen LogP contribution in [-0.2, 0) is 9.36 Å². The molecule has 1 amide bonds. The summed E-state index contributed by atoms with van der Waals surface area (Å²) < 4.78 is 10.4. The molecule has 84 valence electrons. The number of rotatable bonds is 7. The fourth-order valence-corrected chi connectivity index (χ4v) is 1.65. The minimum Gasteiger partial charge on any atom is -0.324 e. The van der Waals surface area contributed by atoms with Gasteiger partial charge in [-0.15, -0.1) is 0 Å². The van der Waals surface area contributed by atoms with Crippen LogP contribution in [0.3, 0.4) is 0 Å². The van der Waals surface area contributed by atoms with E-state index in [1.54, 1.807) is 0 Å². The Hall–Kier alpha value is -0.420. The highest BCUT2D eigenvalue weighted by molar-refractivity contribution is 7.51. The second-order valence-corrected chi connectivity index (χ2v) is 4.86. The molecule has 0 atom stereocenters. The van der Waals surface area contributed by atoms with E-state index in [1.165, 1.54) is 5.48 Å². The minimum absolute atomic E-state index is 0.0980. The summed E-state index contributed by atoms with van der Waals surface area (Å²) >= 11 is 0. The zero-order chi connectivity index (χ0) is 11.0. The molecule has 0 aromatic heterocycles. The molecule has 0 saturated carbocycles. The predicted molar refractivity (Wildman–Crippen MR) is 49.9 cm³/mol. The lowest BCUT2D eigenvalue weighted by molar-refractivity contribution is -0.129. The molecule has 0 heterocycles. The number of hydrogen-bond acceptors (Lipinski definition) is 3. The summed E-state index contributed by atoms with van der Waals surface area (Å²) in [5, 5.41) is 8.14. The van der Waals surface area contributed by atoms with E-state index < -0.39 is 13.5 Å². The Morgan fingerprint density at radius 3 is 2.21 bits per heavy atom. The van der Waals surface area contributed by atoms with Crippen LogP contribution in [0, 0.1) is 0 Å². The van der Waals surface area contributed by atoms with Crippen molar-refractivity contribution >= 4 is 13.5 Å². The molecule has 4 N–H and O–H groups in total. The van der Waals surface area contributed by atoms with Gasteiger partial charge in [0.25, 0.3) is 0 Å². The van der Waals surface area contributed by atoms with Crippen LogP contribution in [-0.4, -0.2) is 27.1 Å². The van der Waals surface area contributed by atoms with Crippen LogP contribution in [0.5, 0.6) is 0 Å². The zero-order valence-corrected chi connectivity index (χ0v) is 8.74. The van der Waals surface area contributed by atoms with Crippen molar-refractivity contribution in [1.29, 1.82) is 0 Å². The summed E-state index contributed by atoms with van der Waals surface area (Å²) in [6.07, 6.45) is 2.64. The monoisotopic (exact) mass is 225 g/mol. The Kier molecular flexibility index (Phi) is 6.74. The number of hydroxylamine groups is 1. The second kappa shape index (κ2) is 6.95. The number of carbonyl (C=O) groups excluding carboxylic acids is 1. The molecular formula is C7H16NO5P. The lowest BCUT2D eigenvalue weighted by Crippen LogP contribution is -2.17.